The van der Waals surface area contributed by atoms with Gasteiger partial charge in [0.15, 0.2) is 0 Å². The second-order valence-corrected chi connectivity index (χ2v) is 2.67. The summed E-state index contributed by atoms with van der Waals surface area (Å²) < 4.78 is 5.19. The number of hydrogen-bond acceptors (Lipinski definition) is 1. The van der Waals surface area contributed by atoms with Crippen LogP contribution in [0.4, 0.5) is 0 Å². The molecule has 0 aliphatic rings. The van der Waals surface area contributed by atoms with Gasteiger partial charge < -0.3 is 10.2 Å². The Hall–Kier alpha value is -1.02. The van der Waals surface area contributed by atoms with Crippen molar-refractivity contribution in [3.8, 4) is 5.75 Å². The van der Waals surface area contributed by atoms with Crippen LogP contribution in [0.25, 0.3) is 0 Å². The van der Waals surface area contributed by atoms with Crippen molar-refractivity contribution in [3.05, 3.63) is 29.3 Å². The molecule has 1 aromatic rings. The van der Waals surface area contributed by atoms with Crippen molar-refractivity contribution >= 4 is 0 Å². The number of rotatable bonds is 2. The molecule has 0 aliphatic heterocycles. The minimum absolute atomic E-state index is 0. The van der Waals surface area contributed by atoms with E-state index in [4.69, 9.17) is 4.74 Å². The molecule has 0 heterocycles. The summed E-state index contributed by atoms with van der Waals surface area (Å²) in [6.45, 7) is 4.23. The minimum atomic E-state index is 0. The summed E-state index contributed by atoms with van der Waals surface area (Å²) in [7, 11) is 1.71. The summed E-state index contributed by atoms with van der Waals surface area (Å²) in [5.74, 6) is 0.998. The molecule has 0 atom stereocenters. The van der Waals surface area contributed by atoms with Gasteiger partial charge in [0.05, 0.1) is 7.11 Å². The van der Waals surface area contributed by atoms with Crippen molar-refractivity contribution < 1.29 is 10.2 Å². The molecule has 12 heavy (non-hydrogen) atoms. The molecular weight excluding hydrogens is 152 g/mol. The van der Waals surface area contributed by atoms with E-state index < -0.39 is 0 Å². The van der Waals surface area contributed by atoms with Crippen molar-refractivity contribution in [2.45, 2.75) is 20.3 Å². The van der Waals surface area contributed by atoms with Gasteiger partial charge >= 0.3 is 0 Å². The molecule has 0 unspecified atom stereocenters. The second kappa shape index (κ2) is 4.78. The monoisotopic (exact) mass is 168 g/mol. The number of ether oxygens (including phenoxy) is 1. The third-order valence-electron chi connectivity index (χ3n) is 1.82. The van der Waals surface area contributed by atoms with Gasteiger partial charge in [-0.25, -0.2) is 0 Å². The van der Waals surface area contributed by atoms with E-state index in [9.17, 15) is 0 Å². The smallest absolute Gasteiger partial charge is 0.122 e. The topological polar surface area (TPSA) is 40.7 Å². The summed E-state index contributed by atoms with van der Waals surface area (Å²) >= 11 is 0. The summed E-state index contributed by atoms with van der Waals surface area (Å²) in [5, 5.41) is 0. The maximum absolute atomic E-state index is 5.19. The molecule has 0 spiro atoms. The Bertz CT molecular complexity index is 244. The Morgan fingerprint density at radius 1 is 1.33 bits per heavy atom. The van der Waals surface area contributed by atoms with Crippen molar-refractivity contribution in [1.29, 1.82) is 0 Å². The summed E-state index contributed by atoms with van der Waals surface area (Å²) in [5.41, 5.74) is 2.58. The molecule has 0 saturated carbocycles. The molecule has 0 amide bonds. The number of methoxy groups -OCH3 is 1. The molecular formula is C10H16O2. The molecule has 0 radical (unpaired) electrons. The molecule has 2 heteroatoms. The van der Waals surface area contributed by atoms with Gasteiger partial charge in [-0.2, -0.15) is 0 Å². The highest BCUT2D eigenvalue weighted by atomic mass is 16.5. The molecule has 2 N–H and O–H groups in total. The molecule has 2 nitrogen and oxygen atoms in total. The predicted octanol–water partition coefficient (Wildman–Crippen LogP) is 1.74. The highest BCUT2D eigenvalue weighted by Crippen LogP contribution is 2.19. The van der Waals surface area contributed by atoms with E-state index in [-0.39, 0.29) is 5.48 Å². The van der Waals surface area contributed by atoms with Crippen LogP contribution in [0.1, 0.15) is 18.1 Å². The Balaban J connectivity index is 0.00000121. The fourth-order valence-electron chi connectivity index (χ4n) is 1.18. The van der Waals surface area contributed by atoms with Crippen LogP contribution in [-0.2, 0) is 6.42 Å². The maximum atomic E-state index is 5.19. The van der Waals surface area contributed by atoms with E-state index in [0.717, 1.165) is 12.2 Å². The first-order chi connectivity index (χ1) is 5.27. The van der Waals surface area contributed by atoms with Gasteiger partial charge in [-0.15, -0.1) is 0 Å². The molecule has 0 aliphatic carbocycles. The second-order valence-electron chi connectivity index (χ2n) is 2.67. The van der Waals surface area contributed by atoms with Crippen LogP contribution in [0.15, 0.2) is 18.2 Å². The largest absolute Gasteiger partial charge is 0.496 e. The molecule has 1 rings (SSSR count). The average molecular weight is 168 g/mol. The third kappa shape index (κ3) is 2.24. The molecule has 0 saturated heterocycles. The Labute approximate surface area is 73.5 Å². The van der Waals surface area contributed by atoms with Crippen molar-refractivity contribution in [2.24, 2.45) is 0 Å². The normalized spacial score (nSPS) is 8.92. The van der Waals surface area contributed by atoms with Gasteiger partial charge in [0.2, 0.25) is 0 Å². The van der Waals surface area contributed by atoms with E-state index >= 15 is 0 Å². The molecule has 68 valence electrons. The highest BCUT2D eigenvalue weighted by molar-refractivity contribution is 5.36. The van der Waals surface area contributed by atoms with E-state index in [1.165, 1.54) is 11.1 Å². The number of benzene rings is 1. The number of aryl methyl sites for hydroxylation is 2. The zero-order valence-corrected chi connectivity index (χ0v) is 7.85. The van der Waals surface area contributed by atoms with E-state index in [2.05, 4.69) is 26.0 Å². The minimum Gasteiger partial charge on any atom is -0.496 e. The first kappa shape index (κ1) is 11.0. The Morgan fingerprint density at radius 3 is 2.50 bits per heavy atom. The quantitative estimate of drug-likeness (QED) is 0.663. The van der Waals surface area contributed by atoms with E-state index in [1.807, 2.05) is 6.07 Å². The Kier molecular flexibility index (Phi) is 4.37. The lowest BCUT2D eigenvalue weighted by Gasteiger charge is -2.06. The highest BCUT2D eigenvalue weighted by Gasteiger charge is 1.98. The molecule has 1 aromatic carbocycles. The maximum Gasteiger partial charge on any atom is 0.122 e. The molecule has 0 bridgehead atoms. The summed E-state index contributed by atoms with van der Waals surface area (Å²) in [4.78, 5) is 0. The van der Waals surface area contributed by atoms with Crippen molar-refractivity contribution in [3.63, 3.8) is 0 Å². The van der Waals surface area contributed by atoms with Gasteiger partial charge in [0, 0.05) is 0 Å². The van der Waals surface area contributed by atoms with Crippen LogP contribution in [0, 0.1) is 6.92 Å². The van der Waals surface area contributed by atoms with Crippen LogP contribution >= 0.6 is 0 Å². The summed E-state index contributed by atoms with van der Waals surface area (Å²) in [6, 6.07) is 6.25. The van der Waals surface area contributed by atoms with Crippen molar-refractivity contribution in [1.82, 2.24) is 0 Å². The van der Waals surface area contributed by atoms with Gasteiger partial charge in [0.1, 0.15) is 5.75 Å². The SMILES string of the molecule is CCc1cc(C)ccc1OC.O. The third-order valence-corrected chi connectivity index (χ3v) is 1.82. The fraction of sp³-hybridized carbons (Fsp3) is 0.400. The lowest BCUT2D eigenvalue weighted by atomic mass is 10.1. The van der Waals surface area contributed by atoms with Crippen LogP contribution in [0.2, 0.25) is 0 Å². The van der Waals surface area contributed by atoms with Crippen molar-refractivity contribution in [2.75, 3.05) is 7.11 Å². The molecule has 0 fully saturated rings. The lowest BCUT2D eigenvalue weighted by Crippen LogP contribution is -1.90. The predicted molar refractivity (Wildman–Crippen MR) is 50.7 cm³/mol. The van der Waals surface area contributed by atoms with Crippen LogP contribution in [-0.4, -0.2) is 12.6 Å². The van der Waals surface area contributed by atoms with Crippen LogP contribution < -0.4 is 4.74 Å². The van der Waals surface area contributed by atoms with Crippen LogP contribution in [0.5, 0.6) is 5.75 Å². The van der Waals surface area contributed by atoms with E-state index in [1.54, 1.807) is 7.11 Å². The standard InChI is InChI=1S/C10H14O.H2O/c1-4-9-7-8(2)5-6-10(9)11-3;/h5-7H,4H2,1-3H3;1H2. The van der Waals surface area contributed by atoms with Gasteiger partial charge in [-0.05, 0) is 25.0 Å². The average Bonchev–Trinajstić information content (AvgIpc) is 2.04. The van der Waals surface area contributed by atoms with E-state index in [0.29, 0.717) is 0 Å². The van der Waals surface area contributed by atoms with Crippen LogP contribution in [0.3, 0.4) is 0 Å². The van der Waals surface area contributed by atoms with Gasteiger partial charge in [-0.1, -0.05) is 24.6 Å². The first-order valence-corrected chi connectivity index (χ1v) is 3.91. The fourth-order valence-corrected chi connectivity index (χ4v) is 1.18. The Morgan fingerprint density at radius 2 is 2.00 bits per heavy atom. The zero-order chi connectivity index (χ0) is 8.27. The number of hydrogen-bond donors (Lipinski definition) is 0. The lowest BCUT2D eigenvalue weighted by molar-refractivity contribution is 0.410. The summed E-state index contributed by atoms with van der Waals surface area (Å²) in [6.07, 6.45) is 1.03. The zero-order valence-electron chi connectivity index (χ0n) is 7.85. The van der Waals surface area contributed by atoms with Gasteiger partial charge in [0.25, 0.3) is 0 Å². The first-order valence-electron chi connectivity index (χ1n) is 3.91. The molecule has 0 aromatic heterocycles. The van der Waals surface area contributed by atoms with Gasteiger partial charge in [-0.3, -0.25) is 0 Å².